The van der Waals surface area contributed by atoms with Crippen LogP contribution < -0.4 is 21.7 Å². The van der Waals surface area contributed by atoms with Crippen LogP contribution in [0.3, 0.4) is 0 Å². The summed E-state index contributed by atoms with van der Waals surface area (Å²) in [5.41, 5.74) is 5.31. The van der Waals surface area contributed by atoms with Crippen LogP contribution in [0.15, 0.2) is 78.4 Å². The zero-order valence-electron chi connectivity index (χ0n) is 23.7. The molecule has 2 aliphatic rings. The number of hydrogen-bond acceptors (Lipinski definition) is 6. The predicted octanol–water partition coefficient (Wildman–Crippen LogP) is 4.74. The molecule has 4 rings (SSSR count). The van der Waals surface area contributed by atoms with Crippen LogP contribution >= 0.6 is 0 Å². The zero-order chi connectivity index (χ0) is 31.0. The fourth-order valence-electron chi connectivity index (χ4n) is 4.87. The molecule has 2 atom stereocenters. The molecule has 0 saturated carbocycles. The Labute approximate surface area is 247 Å². The van der Waals surface area contributed by atoms with E-state index in [-0.39, 0.29) is 11.6 Å². The summed E-state index contributed by atoms with van der Waals surface area (Å²) in [5, 5.41) is 8.47. The van der Waals surface area contributed by atoms with Crippen LogP contribution in [-0.4, -0.2) is 62.1 Å². The lowest BCUT2D eigenvalue weighted by Gasteiger charge is -2.37. The number of para-hydroxylation sites is 2. The van der Waals surface area contributed by atoms with E-state index >= 15 is 0 Å². The molecule has 1 aliphatic heterocycles. The van der Waals surface area contributed by atoms with Crippen molar-refractivity contribution >= 4 is 28.9 Å². The number of amides is 2. The number of alkyl halides is 3. The second kappa shape index (κ2) is 14.0. The third kappa shape index (κ3) is 8.76. The molecule has 0 spiro atoms. The molecule has 2 aromatic rings. The molecule has 2 amide bonds. The Kier molecular flexibility index (Phi) is 10.4. The van der Waals surface area contributed by atoms with Crippen molar-refractivity contribution in [2.24, 2.45) is 5.41 Å². The number of hydrogen-bond donors (Lipinski definition) is 4. The number of morpholine rings is 1. The van der Waals surface area contributed by atoms with Crippen molar-refractivity contribution < 1.29 is 31.9 Å². The molecule has 0 radical (unpaired) electrons. The molecule has 2 aromatic carbocycles. The van der Waals surface area contributed by atoms with E-state index in [0.29, 0.717) is 50.2 Å². The molecule has 2 unspecified atom stereocenters. The normalized spacial score (nSPS) is 20.1. The number of ether oxygens (including phenoxy) is 1. The highest BCUT2D eigenvalue weighted by Crippen LogP contribution is 2.35. The predicted molar refractivity (Wildman–Crippen MR) is 158 cm³/mol. The number of halogens is 4. The van der Waals surface area contributed by atoms with Gasteiger partial charge in [-0.05, 0) is 48.4 Å². The third-order valence-corrected chi connectivity index (χ3v) is 7.44. The Bertz CT molecular complexity index is 1400. The van der Waals surface area contributed by atoms with Crippen LogP contribution in [-0.2, 0) is 20.5 Å². The van der Waals surface area contributed by atoms with Gasteiger partial charge in [0.05, 0.1) is 41.9 Å². The first kappa shape index (κ1) is 31.9. The first-order valence-electron chi connectivity index (χ1n) is 13.9. The molecule has 0 aromatic heterocycles. The van der Waals surface area contributed by atoms with Crippen molar-refractivity contribution in [2.45, 2.75) is 25.6 Å². The molecule has 1 heterocycles. The van der Waals surface area contributed by atoms with Gasteiger partial charge >= 0.3 is 6.18 Å². The lowest BCUT2D eigenvalue weighted by Crippen LogP contribution is -2.53. The maximum Gasteiger partial charge on any atom is 0.416 e. The van der Waals surface area contributed by atoms with E-state index in [1.807, 2.05) is 19.1 Å². The minimum Gasteiger partial charge on any atom is -0.397 e. The number of nitrogen functional groups attached to an aromatic ring is 1. The van der Waals surface area contributed by atoms with Gasteiger partial charge in [0, 0.05) is 37.7 Å². The number of allylic oxidation sites excluding steroid dienone is 4. The molecule has 1 saturated heterocycles. The van der Waals surface area contributed by atoms with Gasteiger partial charge in [-0.15, -0.1) is 0 Å². The number of anilines is 3. The van der Waals surface area contributed by atoms with E-state index in [2.05, 4.69) is 20.9 Å². The second-order valence-corrected chi connectivity index (χ2v) is 10.7. The van der Waals surface area contributed by atoms with E-state index in [9.17, 15) is 27.2 Å². The van der Waals surface area contributed by atoms with Crippen molar-refractivity contribution in [3.8, 4) is 0 Å². The average molecular weight is 602 g/mol. The summed E-state index contributed by atoms with van der Waals surface area (Å²) in [4.78, 5) is 28.1. The van der Waals surface area contributed by atoms with Crippen LogP contribution in [0, 0.1) is 11.2 Å². The van der Waals surface area contributed by atoms with Gasteiger partial charge in [-0.3, -0.25) is 14.5 Å². The third-order valence-electron chi connectivity index (χ3n) is 7.44. The Morgan fingerprint density at radius 3 is 2.51 bits per heavy atom. The van der Waals surface area contributed by atoms with E-state index in [0.717, 1.165) is 30.8 Å². The van der Waals surface area contributed by atoms with Crippen LogP contribution in [0.25, 0.3) is 0 Å². The summed E-state index contributed by atoms with van der Waals surface area (Å²) in [6.07, 6.45) is 4.22. The minimum atomic E-state index is -4.71. The standard InChI is InChI=1S/C31H35F4N5O3/c1-30(12-10-21(11-13-30)6-9-27(41)38-26-5-3-2-4-24(26)36)28(37-14-15-40-16-18-43-19-17-40)29(42)39-25-8-7-22(20-23(25)32)31(33,34)35/h2-12,20,28,37H,13-19,36H2,1H3,(H,38,41)(H,39,42)/b9-6+. The summed E-state index contributed by atoms with van der Waals surface area (Å²) in [6.45, 7) is 5.71. The SMILES string of the molecule is CC1(C(NCCN2CCOCC2)C(=O)Nc2ccc(C(F)(F)F)cc2F)C=CC(/C=C/C(=O)Nc2ccccc2N)=CC1. The van der Waals surface area contributed by atoms with Gasteiger partial charge in [0.25, 0.3) is 0 Å². The summed E-state index contributed by atoms with van der Waals surface area (Å²) in [6, 6.07) is 8.05. The molecule has 1 aliphatic carbocycles. The minimum absolute atomic E-state index is 0.342. The number of carbonyl (C=O) groups is 2. The van der Waals surface area contributed by atoms with E-state index < -0.39 is 34.9 Å². The molecular weight excluding hydrogens is 566 g/mol. The summed E-state index contributed by atoms with van der Waals surface area (Å²) < 4.78 is 59.0. The van der Waals surface area contributed by atoms with Gasteiger partial charge in [-0.25, -0.2) is 4.39 Å². The summed E-state index contributed by atoms with van der Waals surface area (Å²) in [7, 11) is 0. The maximum atomic E-state index is 14.6. The van der Waals surface area contributed by atoms with Crippen LogP contribution in [0.2, 0.25) is 0 Å². The van der Waals surface area contributed by atoms with Crippen LogP contribution in [0.1, 0.15) is 18.9 Å². The molecule has 8 nitrogen and oxygen atoms in total. The summed E-state index contributed by atoms with van der Waals surface area (Å²) in [5.74, 6) is -2.12. The van der Waals surface area contributed by atoms with Gasteiger partial charge in [0.1, 0.15) is 5.82 Å². The van der Waals surface area contributed by atoms with Gasteiger partial charge in [0.2, 0.25) is 11.8 Å². The second-order valence-electron chi connectivity index (χ2n) is 10.7. The van der Waals surface area contributed by atoms with E-state index in [1.165, 1.54) is 6.08 Å². The first-order chi connectivity index (χ1) is 20.4. The number of nitrogens with two attached hydrogens (primary N) is 1. The fraction of sp³-hybridized carbons (Fsp3) is 0.355. The first-order valence-corrected chi connectivity index (χ1v) is 13.9. The van der Waals surface area contributed by atoms with Crippen molar-refractivity contribution in [3.05, 3.63) is 89.8 Å². The Balaban J connectivity index is 1.45. The van der Waals surface area contributed by atoms with Gasteiger partial charge < -0.3 is 26.4 Å². The summed E-state index contributed by atoms with van der Waals surface area (Å²) >= 11 is 0. The number of rotatable bonds is 10. The molecule has 12 heteroatoms. The van der Waals surface area contributed by atoms with Crippen molar-refractivity contribution in [1.82, 2.24) is 10.2 Å². The van der Waals surface area contributed by atoms with Gasteiger partial charge in [-0.2, -0.15) is 13.2 Å². The van der Waals surface area contributed by atoms with Crippen molar-refractivity contribution in [2.75, 3.05) is 55.8 Å². The van der Waals surface area contributed by atoms with Crippen LogP contribution in [0.4, 0.5) is 34.6 Å². The molecule has 5 N–H and O–H groups in total. The largest absolute Gasteiger partial charge is 0.416 e. The highest BCUT2D eigenvalue weighted by Gasteiger charge is 2.38. The highest BCUT2D eigenvalue weighted by molar-refractivity contribution is 6.01. The number of carbonyl (C=O) groups excluding carboxylic acids is 2. The molecule has 0 bridgehead atoms. The van der Waals surface area contributed by atoms with Crippen LogP contribution in [0.5, 0.6) is 0 Å². The Morgan fingerprint density at radius 1 is 1.12 bits per heavy atom. The lowest BCUT2D eigenvalue weighted by atomic mass is 9.75. The smallest absolute Gasteiger partial charge is 0.397 e. The molecule has 43 heavy (non-hydrogen) atoms. The van der Waals surface area contributed by atoms with Gasteiger partial charge in [0.15, 0.2) is 0 Å². The number of benzene rings is 2. The quantitative estimate of drug-likeness (QED) is 0.178. The fourth-order valence-corrected chi connectivity index (χ4v) is 4.87. The highest BCUT2D eigenvalue weighted by atomic mass is 19.4. The van der Waals surface area contributed by atoms with Gasteiger partial charge in [-0.1, -0.05) is 37.3 Å². The van der Waals surface area contributed by atoms with Crippen molar-refractivity contribution in [3.63, 3.8) is 0 Å². The Hall–Kier alpha value is -4.00. The molecule has 230 valence electrons. The molecule has 1 fully saturated rings. The Morgan fingerprint density at radius 2 is 1.86 bits per heavy atom. The molecular formula is C31H35F4N5O3. The maximum absolute atomic E-state index is 14.6. The average Bonchev–Trinajstić information content (AvgIpc) is 2.97. The topological polar surface area (TPSA) is 109 Å². The monoisotopic (exact) mass is 601 g/mol. The van der Waals surface area contributed by atoms with E-state index in [4.69, 9.17) is 10.5 Å². The zero-order valence-corrected chi connectivity index (χ0v) is 23.7. The lowest BCUT2D eigenvalue weighted by molar-refractivity contribution is -0.137. The van der Waals surface area contributed by atoms with E-state index in [1.54, 1.807) is 36.4 Å². The van der Waals surface area contributed by atoms with Crippen molar-refractivity contribution in [1.29, 1.82) is 0 Å². The number of nitrogens with zero attached hydrogens (tertiary/aromatic N) is 1. The number of nitrogens with one attached hydrogen (secondary N) is 3.